The quantitative estimate of drug-likeness (QED) is 0.181. The lowest BCUT2D eigenvalue weighted by Crippen LogP contribution is -2.42. The second-order valence-corrected chi connectivity index (χ2v) is 17.7. The molecule has 0 radical (unpaired) electrons. The maximum atomic E-state index is 15.6. The Bertz CT molecular complexity index is 2010. The molecule has 11 nitrogen and oxygen atoms in total. The molecule has 0 aromatic carbocycles. The number of fused-ring (bicyclic) bond motifs is 6. The fourth-order valence-corrected chi connectivity index (χ4v) is 10.4. The highest BCUT2D eigenvalue weighted by molar-refractivity contribution is 5.79. The molecular weight excluding hydrogens is 751 g/mol. The van der Waals surface area contributed by atoms with E-state index in [2.05, 4.69) is 40.5 Å². The number of nitrogens with one attached hydrogen (secondary N) is 1. The number of nitrogens with zero attached hydrogens (tertiary/aromatic N) is 7. The van der Waals surface area contributed by atoms with Crippen molar-refractivity contribution in [3.8, 4) is 22.5 Å². The van der Waals surface area contributed by atoms with E-state index < -0.39 is 17.3 Å². The lowest BCUT2D eigenvalue weighted by Gasteiger charge is -2.37. The predicted octanol–water partition coefficient (Wildman–Crippen LogP) is 8.91. The Kier molecular flexibility index (Phi) is 12.9. The maximum Gasteiger partial charge on any atom is 0.306 e. The van der Waals surface area contributed by atoms with Crippen LogP contribution in [0.4, 0.5) is 8.78 Å². The number of rotatable bonds is 8. The van der Waals surface area contributed by atoms with Crippen LogP contribution in [0, 0.1) is 11.8 Å². The topological polar surface area (TPSA) is 131 Å². The highest BCUT2D eigenvalue weighted by Crippen LogP contribution is 2.46. The van der Waals surface area contributed by atoms with Crippen molar-refractivity contribution in [2.45, 2.75) is 139 Å². The van der Waals surface area contributed by atoms with E-state index in [0.29, 0.717) is 77.0 Å². The maximum absolute atomic E-state index is 15.6. The number of pyridine rings is 2. The molecular formula is C46H60F2N8O3. The Hall–Kier alpha value is -4.52. The van der Waals surface area contributed by atoms with Crippen molar-refractivity contribution >= 4 is 11.9 Å². The van der Waals surface area contributed by atoms with E-state index in [0.717, 1.165) is 59.8 Å². The minimum atomic E-state index is -1.26. The summed E-state index contributed by atoms with van der Waals surface area (Å²) in [7, 11) is 0. The van der Waals surface area contributed by atoms with E-state index in [1.165, 1.54) is 38.8 Å². The van der Waals surface area contributed by atoms with E-state index in [1.807, 2.05) is 48.0 Å². The number of aliphatic carboxylic acids is 1. The van der Waals surface area contributed by atoms with Crippen LogP contribution in [-0.2, 0) is 9.59 Å². The van der Waals surface area contributed by atoms with Gasteiger partial charge in [0.05, 0.1) is 65.8 Å². The van der Waals surface area contributed by atoms with Gasteiger partial charge in [0.25, 0.3) is 0 Å². The Morgan fingerprint density at radius 3 is 1.61 bits per heavy atom. The van der Waals surface area contributed by atoms with Gasteiger partial charge in [-0.15, -0.1) is 0 Å². The van der Waals surface area contributed by atoms with Gasteiger partial charge in [-0.3, -0.25) is 19.6 Å². The Morgan fingerprint density at radius 1 is 0.695 bits per heavy atom. The van der Waals surface area contributed by atoms with Crippen molar-refractivity contribution in [2.24, 2.45) is 11.8 Å². The van der Waals surface area contributed by atoms with E-state index in [1.54, 1.807) is 12.5 Å². The molecule has 2 atom stereocenters. The highest BCUT2D eigenvalue weighted by Gasteiger charge is 2.41. The summed E-state index contributed by atoms with van der Waals surface area (Å²) >= 11 is 0. The average molecular weight is 811 g/mol. The van der Waals surface area contributed by atoms with Crippen LogP contribution in [0.1, 0.15) is 139 Å². The summed E-state index contributed by atoms with van der Waals surface area (Å²) in [4.78, 5) is 43.4. The Labute approximate surface area is 346 Å². The van der Waals surface area contributed by atoms with Crippen LogP contribution < -0.4 is 5.32 Å². The molecule has 59 heavy (non-hydrogen) atoms. The van der Waals surface area contributed by atoms with Crippen molar-refractivity contribution in [1.29, 1.82) is 0 Å². The first kappa shape index (κ1) is 41.2. The smallest absolute Gasteiger partial charge is 0.306 e. The zero-order valence-electron chi connectivity index (χ0n) is 34.3. The van der Waals surface area contributed by atoms with Crippen molar-refractivity contribution in [3.63, 3.8) is 0 Å². The monoisotopic (exact) mass is 810 g/mol. The van der Waals surface area contributed by atoms with Crippen molar-refractivity contribution in [1.82, 2.24) is 39.3 Å². The number of hydrogen-bond acceptors (Lipinski definition) is 7. The molecule has 8 heterocycles. The molecule has 13 heteroatoms. The number of alkyl halides is 2. The number of halogens is 2. The van der Waals surface area contributed by atoms with E-state index in [4.69, 9.17) is 5.11 Å². The van der Waals surface area contributed by atoms with Crippen LogP contribution in [0.15, 0.2) is 61.7 Å². The predicted molar refractivity (Wildman–Crippen MR) is 222 cm³/mol. The van der Waals surface area contributed by atoms with Crippen LogP contribution in [0.2, 0.25) is 0 Å². The normalized spacial score (nSPS) is 28.1. The molecule has 10 rings (SSSR count). The number of carboxylic acids is 1. The largest absolute Gasteiger partial charge is 0.481 e. The molecule has 0 bridgehead atoms. The molecule has 2 aliphatic carbocycles. The van der Waals surface area contributed by atoms with Gasteiger partial charge in [-0.25, -0.2) is 18.7 Å². The van der Waals surface area contributed by atoms with Gasteiger partial charge in [0.1, 0.15) is 11.3 Å². The first-order chi connectivity index (χ1) is 28.7. The summed E-state index contributed by atoms with van der Waals surface area (Å²) in [6.07, 6.45) is 24.8. The SMILES string of the molecule is C1CCNCC1.O=C(C1CCC(F)(CCC2c3ncccc3-c3cncn32)CC1)N1CCCCC1.O=C(O)C1CCC(F)(CCC2c3ncccc3-c3cncn32)CC1. The molecule has 2 saturated heterocycles. The lowest BCUT2D eigenvalue weighted by molar-refractivity contribution is -0.144. The van der Waals surface area contributed by atoms with Gasteiger partial charge in [-0.05, 0) is 147 Å². The molecule has 0 spiro atoms. The highest BCUT2D eigenvalue weighted by atomic mass is 19.1. The van der Waals surface area contributed by atoms with Crippen molar-refractivity contribution in [3.05, 3.63) is 73.1 Å². The molecule has 4 aliphatic heterocycles. The summed E-state index contributed by atoms with van der Waals surface area (Å²) in [5.41, 5.74) is 3.87. The molecule has 2 saturated carbocycles. The van der Waals surface area contributed by atoms with Gasteiger partial charge in [0, 0.05) is 42.5 Å². The van der Waals surface area contributed by atoms with Gasteiger partial charge in [0.15, 0.2) is 0 Å². The van der Waals surface area contributed by atoms with Crippen LogP contribution in [0.5, 0.6) is 0 Å². The number of hydrogen-bond donors (Lipinski definition) is 2. The Morgan fingerprint density at radius 2 is 1.17 bits per heavy atom. The number of piperidine rings is 2. The summed E-state index contributed by atoms with van der Waals surface area (Å²) in [6.45, 7) is 4.27. The number of imidazole rings is 2. The van der Waals surface area contributed by atoms with Gasteiger partial charge < -0.3 is 24.5 Å². The molecule has 4 aromatic rings. The lowest BCUT2D eigenvalue weighted by atomic mass is 9.76. The first-order valence-corrected chi connectivity index (χ1v) is 22.3. The third kappa shape index (κ3) is 9.30. The van der Waals surface area contributed by atoms with Crippen LogP contribution in [0.25, 0.3) is 22.5 Å². The molecule has 4 aromatic heterocycles. The second kappa shape index (κ2) is 18.4. The molecule has 1 amide bonds. The van der Waals surface area contributed by atoms with Crippen LogP contribution in [-0.4, -0.2) is 88.5 Å². The number of likely N-dealkylation sites (tertiary alicyclic amines) is 1. The van der Waals surface area contributed by atoms with E-state index in [9.17, 15) is 9.59 Å². The summed E-state index contributed by atoms with van der Waals surface area (Å²) in [5.74, 6) is -0.896. The fourth-order valence-electron chi connectivity index (χ4n) is 10.4. The summed E-state index contributed by atoms with van der Waals surface area (Å²) in [6, 6.07) is 8.02. The summed E-state index contributed by atoms with van der Waals surface area (Å²) in [5, 5.41) is 12.3. The van der Waals surface area contributed by atoms with Crippen LogP contribution >= 0.6 is 0 Å². The third-order valence-electron chi connectivity index (χ3n) is 13.9. The number of carbonyl (C=O) groups is 2. The van der Waals surface area contributed by atoms with Crippen LogP contribution in [0.3, 0.4) is 0 Å². The molecule has 2 unspecified atom stereocenters. The molecule has 6 aliphatic rings. The van der Waals surface area contributed by atoms with Gasteiger partial charge in [0.2, 0.25) is 5.91 Å². The molecule has 316 valence electrons. The standard InChI is InChI=1S/C23H29FN4O.C18H20FN3O2.C5H11N/c24-23(9-6-17(7-10-23)22(29)27-13-2-1-3-14-27)11-8-19-21-18(5-4-12-26-21)20-15-25-16-28(19)20;19-18(6-3-12(4-7-18)17(23)24)8-5-14-16-13(2-1-9-21-16)15-10-20-11-22(14)15;1-2-4-6-5-3-1/h4-5,12,15-17,19H,1-3,6-11,13-14H2;1-2,9-12,14H,3-8H2,(H,23,24);6H,1-5H2. The third-order valence-corrected chi connectivity index (χ3v) is 13.9. The minimum Gasteiger partial charge on any atom is -0.481 e. The second-order valence-electron chi connectivity index (χ2n) is 17.7. The number of carboxylic acid groups (broad SMARTS) is 1. The van der Waals surface area contributed by atoms with E-state index >= 15 is 8.78 Å². The zero-order valence-corrected chi connectivity index (χ0v) is 34.3. The minimum absolute atomic E-state index is 0.0172. The fraction of sp³-hybridized carbons (Fsp3) is 0.609. The van der Waals surface area contributed by atoms with Crippen molar-refractivity contribution in [2.75, 3.05) is 26.2 Å². The van der Waals surface area contributed by atoms with E-state index in [-0.39, 0.29) is 29.8 Å². The number of carbonyl (C=O) groups excluding carboxylic acids is 1. The first-order valence-electron chi connectivity index (χ1n) is 22.3. The average Bonchev–Trinajstić information content (AvgIpc) is 4.07. The Balaban J connectivity index is 0.000000146. The number of amides is 1. The molecule has 2 N–H and O–H groups in total. The number of aromatic nitrogens is 6. The molecule has 4 fully saturated rings. The summed E-state index contributed by atoms with van der Waals surface area (Å²) < 4.78 is 34.9. The van der Waals surface area contributed by atoms with Gasteiger partial charge in [-0.2, -0.15) is 0 Å². The van der Waals surface area contributed by atoms with Crippen molar-refractivity contribution < 1.29 is 23.5 Å². The van der Waals surface area contributed by atoms with Gasteiger partial charge in [-0.1, -0.05) is 6.42 Å². The van der Waals surface area contributed by atoms with Gasteiger partial charge >= 0.3 is 5.97 Å². The zero-order chi connectivity index (χ0) is 40.8.